The third kappa shape index (κ3) is 1.66. The van der Waals surface area contributed by atoms with Crippen molar-refractivity contribution in [1.29, 1.82) is 0 Å². The van der Waals surface area contributed by atoms with Crippen LogP contribution in [0.2, 0.25) is 0 Å². The van der Waals surface area contributed by atoms with E-state index in [9.17, 15) is 0 Å². The Morgan fingerprint density at radius 1 is 1.67 bits per heavy atom. The first-order valence-electron chi connectivity index (χ1n) is 3.66. The zero-order valence-corrected chi connectivity index (χ0v) is 6.26. The van der Waals surface area contributed by atoms with Crippen molar-refractivity contribution < 1.29 is 4.74 Å². The standard InChI is InChI=1S/C7H15NO/c1-3-7-8(2)5-4-6-9-7/h7H,3-6H2,1-2H3. The molecule has 2 heteroatoms. The summed E-state index contributed by atoms with van der Waals surface area (Å²) in [6.45, 7) is 4.30. The Morgan fingerprint density at radius 3 is 2.89 bits per heavy atom. The van der Waals surface area contributed by atoms with Gasteiger partial charge in [0.05, 0.1) is 0 Å². The van der Waals surface area contributed by atoms with Crippen molar-refractivity contribution in [2.45, 2.75) is 26.0 Å². The summed E-state index contributed by atoms with van der Waals surface area (Å²) in [5, 5.41) is 0. The molecule has 1 saturated heterocycles. The molecule has 1 aliphatic rings. The second-order valence-corrected chi connectivity index (χ2v) is 2.57. The molecular weight excluding hydrogens is 114 g/mol. The van der Waals surface area contributed by atoms with Crippen LogP contribution in [0.1, 0.15) is 19.8 Å². The Hall–Kier alpha value is -0.0800. The van der Waals surface area contributed by atoms with E-state index in [-0.39, 0.29) is 0 Å². The molecule has 1 aliphatic heterocycles. The third-order valence-corrected chi connectivity index (χ3v) is 1.81. The minimum Gasteiger partial charge on any atom is -0.363 e. The fraction of sp³-hybridized carbons (Fsp3) is 1.00. The van der Waals surface area contributed by atoms with Crippen molar-refractivity contribution in [3.05, 3.63) is 0 Å². The monoisotopic (exact) mass is 129 g/mol. The van der Waals surface area contributed by atoms with E-state index in [1.165, 1.54) is 13.0 Å². The summed E-state index contributed by atoms with van der Waals surface area (Å²) in [5.74, 6) is 0. The highest BCUT2D eigenvalue weighted by Gasteiger charge is 2.16. The molecule has 0 aromatic rings. The van der Waals surface area contributed by atoms with Crippen LogP contribution in [-0.4, -0.2) is 31.3 Å². The van der Waals surface area contributed by atoms with Crippen molar-refractivity contribution in [2.75, 3.05) is 20.2 Å². The highest BCUT2D eigenvalue weighted by Crippen LogP contribution is 2.09. The van der Waals surface area contributed by atoms with Crippen molar-refractivity contribution in [3.8, 4) is 0 Å². The average Bonchev–Trinajstić information content (AvgIpc) is 1.89. The highest BCUT2D eigenvalue weighted by atomic mass is 16.5. The molecule has 9 heavy (non-hydrogen) atoms. The van der Waals surface area contributed by atoms with Gasteiger partial charge in [0.25, 0.3) is 0 Å². The zero-order chi connectivity index (χ0) is 6.69. The quantitative estimate of drug-likeness (QED) is 0.525. The first-order chi connectivity index (χ1) is 4.34. The molecule has 0 N–H and O–H groups in total. The van der Waals surface area contributed by atoms with Crippen LogP contribution in [-0.2, 0) is 4.74 Å². The molecule has 0 radical (unpaired) electrons. The Bertz CT molecular complexity index is 85.0. The highest BCUT2D eigenvalue weighted by molar-refractivity contribution is 4.61. The van der Waals surface area contributed by atoms with Crippen LogP contribution in [0.25, 0.3) is 0 Å². The van der Waals surface area contributed by atoms with Gasteiger partial charge in [0, 0.05) is 13.2 Å². The van der Waals surface area contributed by atoms with Crippen molar-refractivity contribution >= 4 is 0 Å². The maximum atomic E-state index is 5.47. The second kappa shape index (κ2) is 3.18. The first-order valence-corrected chi connectivity index (χ1v) is 3.66. The van der Waals surface area contributed by atoms with Gasteiger partial charge < -0.3 is 4.74 Å². The van der Waals surface area contributed by atoms with Gasteiger partial charge in [-0.1, -0.05) is 6.92 Å². The smallest absolute Gasteiger partial charge is 0.110 e. The van der Waals surface area contributed by atoms with E-state index < -0.39 is 0 Å². The lowest BCUT2D eigenvalue weighted by atomic mass is 10.3. The van der Waals surface area contributed by atoms with Gasteiger partial charge in [-0.25, -0.2) is 0 Å². The number of nitrogens with zero attached hydrogens (tertiary/aromatic N) is 1. The van der Waals surface area contributed by atoms with Crippen LogP contribution < -0.4 is 0 Å². The molecule has 0 amide bonds. The molecular formula is C7H15NO. The van der Waals surface area contributed by atoms with Gasteiger partial charge in [-0.3, -0.25) is 4.90 Å². The van der Waals surface area contributed by atoms with Gasteiger partial charge in [0.15, 0.2) is 0 Å². The van der Waals surface area contributed by atoms with Crippen LogP contribution in [0, 0.1) is 0 Å². The number of rotatable bonds is 1. The van der Waals surface area contributed by atoms with Crippen LogP contribution in [0.3, 0.4) is 0 Å². The molecule has 0 spiro atoms. The minimum atomic E-state index is 0.388. The van der Waals surface area contributed by atoms with Crippen molar-refractivity contribution in [3.63, 3.8) is 0 Å². The third-order valence-electron chi connectivity index (χ3n) is 1.81. The van der Waals surface area contributed by atoms with Gasteiger partial charge >= 0.3 is 0 Å². The lowest BCUT2D eigenvalue weighted by Gasteiger charge is -2.31. The van der Waals surface area contributed by atoms with Crippen molar-refractivity contribution in [2.24, 2.45) is 0 Å². The SMILES string of the molecule is CCC1OCCCN1C. The molecule has 0 aromatic carbocycles. The molecule has 1 atom stereocenters. The molecule has 0 aliphatic carbocycles. The molecule has 0 bridgehead atoms. The predicted molar refractivity (Wildman–Crippen MR) is 37.3 cm³/mol. The van der Waals surface area contributed by atoms with E-state index in [2.05, 4.69) is 18.9 Å². The predicted octanol–water partition coefficient (Wildman–Crippen LogP) is 1.07. The number of ether oxygens (including phenoxy) is 1. The summed E-state index contributed by atoms with van der Waals surface area (Å²) in [7, 11) is 2.12. The Kier molecular flexibility index (Phi) is 2.49. The fourth-order valence-corrected chi connectivity index (χ4v) is 1.23. The van der Waals surface area contributed by atoms with Crippen LogP contribution in [0.4, 0.5) is 0 Å². The average molecular weight is 129 g/mol. The number of hydrogen-bond donors (Lipinski definition) is 0. The molecule has 54 valence electrons. The molecule has 1 fully saturated rings. The van der Waals surface area contributed by atoms with Crippen LogP contribution >= 0.6 is 0 Å². The Morgan fingerprint density at radius 2 is 2.44 bits per heavy atom. The van der Waals surface area contributed by atoms with E-state index >= 15 is 0 Å². The van der Waals surface area contributed by atoms with Gasteiger partial charge in [-0.15, -0.1) is 0 Å². The first kappa shape index (κ1) is 7.03. The normalized spacial score (nSPS) is 30.7. The van der Waals surface area contributed by atoms with Crippen LogP contribution in [0.15, 0.2) is 0 Å². The largest absolute Gasteiger partial charge is 0.363 e. The van der Waals surface area contributed by atoms with E-state index in [1.54, 1.807) is 0 Å². The zero-order valence-electron chi connectivity index (χ0n) is 6.26. The van der Waals surface area contributed by atoms with E-state index in [0.717, 1.165) is 13.0 Å². The van der Waals surface area contributed by atoms with Crippen LogP contribution in [0.5, 0.6) is 0 Å². The maximum Gasteiger partial charge on any atom is 0.110 e. The summed E-state index contributed by atoms with van der Waals surface area (Å²) in [4.78, 5) is 2.27. The Labute approximate surface area is 56.8 Å². The summed E-state index contributed by atoms with van der Waals surface area (Å²) >= 11 is 0. The summed E-state index contributed by atoms with van der Waals surface area (Å²) in [5.41, 5.74) is 0. The van der Waals surface area contributed by atoms with E-state index in [1.807, 2.05) is 0 Å². The number of hydrogen-bond acceptors (Lipinski definition) is 2. The van der Waals surface area contributed by atoms with Crippen molar-refractivity contribution in [1.82, 2.24) is 4.90 Å². The minimum absolute atomic E-state index is 0.388. The van der Waals surface area contributed by atoms with Gasteiger partial charge in [-0.2, -0.15) is 0 Å². The molecule has 1 rings (SSSR count). The summed E-state index contributed by atoms with van der Waals surface area (Å²) in [6.07, 6.45) is 2.68. The molecule has 1 unspecified atom stereocenters. The molecule has 2 nitrogen and oxygen atoms in total. The second-order valence-electron chi connectivity index (χ2n) is 2.57. The van der Waals surface area contributed by atoms with Gasteiger partial charge in [-0.05, 0) is 19.9 Å². The lowest BCUT2D eigenvalue weighted by Crippen LogP contribution is -2.39. The molecule has 1 heterocycles. The van der Waals surface area contributed by atoms with E-state index in [4.69, 9.17) is 4.74 Å². The summed E-state index contributed by atoms with van der Waals surface area (Å²) < 4.78 is 5.47. The summed E-state index contributed by atoms with van der Waals surface area (Å²) in [6, 6.07) is 0. The topological polar surface area (TPSA) is 12.5 Å². The lowest BCUT2D eigenvalue weighted by molar-refractivity contribution is -0.0838. The molecule has 0 aromatic heterocycles. The Balaban J connectivity index is 2.30. The van der Waals surface area contributed by atoms with Gasteiger partial charge in [0.1, 0.15) is 6.23 Å². The van der Waals surface area contributed by atoms with Gasteiger partial charge in [0.2, 0.25) is 0 Å². The maximum absolute atomic E-state index is 5.47. The van der Waals surface area contributed by atoms with E-state index in [0.29, 0.717) is 6.23 Å². The fourth-order valence-electron chi connectivity index (χ4n) is 1.23. The molecule has 0 saturated carbocycles.